The Hall–Kier alpha value is -1.80. The molecule has 0 atom stereocenters. The van der Waals surface area contributed by atoms with E-state index in [2.05, 4.69) is 17.2 Å². The molecule has 0 bridgehead atoms. The molecule has 0 aliphatic carbocycles. The van der Waals surface area contributed by atoms with Crippen LogP contribution in [-0.4, -0.2) is 17.6 Å². The molecule has 1 aromatic carbocycles. The standard InChI is InChI=1S/C15H12ClNO2S/c1-10-9-20-14(13(10)16)15(19)17-12-6-4-11(5-7-12)3-2-8-18/h4-7,9,18H,8H2,1H3,(H,17,19). The summed E-state index contributed by atoms with van der Waals surface area (Å²) < 4.78 is 0. The van der Waals surface area contributed by atoms with E-state index in [9.17, 15) is 4.79 Å². The van der Waals surface area contributed by atoms with Crippen molar-refractivity contribution in [2.24, 2.45) is 0 Å². The molecular weight excluding hydrogens is 294 g/mol. The van der Waals surface area contributed by atoms with E-state index in [4.69, 9.17) is 16.7 Å². The zero-order chi connectivity index (χ0) is 14.5. The molecule has 2 aromatic rings. The summed E-state index contributed by atoms with van der Waals surface area (Å²) in [5.41, 5.74) is 2.35. The van der Waals surface area contributed by atoms with E-state index >= 15 is 0 Å². The number of hydrogen-bond donors (Lipinski definition) is 2. The van der Waals surface area contributed by atoms with Crippen LogP contribution in [0.2, 0.25) is 5.02 Å². The minimum absolute atomic E-state index is 0.172. The first kappa shape index (κ1) is 14.6. The molecule has 2 N–H and O–H groups in total. The number of aryl methyl sites for hydroxylation is 1. The van der Waals surface area contributed by atoms with Crippen molar-refractivity contribution in [1.29, 1.82) is 0 Å². The second-order valence-corrected chi connectivity index (χ2v) is 5.31. The molecular formula is C15H12ClNO2S. The van der Waals surface area contributed by atoms with E-state index in [1.165, 1.54) is 11.3 Å². The lowest BCUT2D eigenvalue weighted by atomic mass is 10.2. The minimum Gasteiger partial charge on any atom is -0.384 e. The third kappa shape index (κ3) is 3.40. The van der Waals surface area contributed by atoms with E-state index in [0.717, 1.165) is 11.1 Å². The van der Waals surface area contributed by atoms with Gasteiger partial charge in [-0.3, -0.25) is 4.79 Å². The fraction of sp³-hybridized carbons (Fsp3) is 0.133. The Balaban J connectivity index is 2.10. The zero-order valence-corrected chi connectivity index (χ0v) is 12.3. The molecule has 3 nitrogen and oxygen atoms in total. The monoisotopic (exact) mass is 305 g/mol. The number of aliphatic hydroxyl groups is 1. The van der Waals surface area contributed by atoms with Gasteiger partial charge in [0.25, 0.3) is 5.91 Å². The van der Waals surface area contributed by atoms with Crippen molar-refractivity contribution in [2.75, 3.05) is 11.9 Å². The highest BCUT2D eigenvalue weighted by molar-refractivity contribution is 7.13. The maximum absolute atomic E-state index is 12.1. The molecule has 0 unspecified atom stereocenters. The van der Waals surface area contributed by atoms with Gasteiger partial charge in [0.2, 0.25) is 0 Å². The van der Waals surface area contributed by atoms with Crippen molar-refractivity contribution in [2.45, 2.75) is 6.92 Å². The van der Waals surface area contributed by atoms with E-state index in [1.54, 1.807) is 24.3 Å². The highest BCUT2D eigenvalue weighted by atomic mass is 35.5. The summed E-state index contributed by atoms with van der Waals surface area (Å²) in [5, 5.41) is 13.7. The molecule has 0 saturated carbocycles. The number of rotatable bonds is 2. The first-order valence-electron chi connectivity index (χ1n) is 5.86. The van der Waals surface area contributed by atoms with Crippen LogP contribution in [0.3, 0.4) is 0 Å². The quantitative estimate of drug-likeness (QED) is 0.836. The molecule has 1 aromatic heterocycles. The Morgan fingerprint density at radius 1 is 1.40 bits per heavy atom. The average molecular weight is 306 g/mol. The molecule has 102 valence electrons. The van der Waals surface area contributed by atoms with E-state index in [1.807, 2.05) is 12.3 Å². The molecule has 20 heavy (non-hydrogen) atoms. The minimum atomic E-state index is -0.220. The van der Waals surface area contributed by atoms with Gasteiger partial charge in [-0.25, -0.2) is 0 Å². The Bertz CT molecular complexity index is 680. The van der Waals surface area contributed by atoms with E-state index < -0.39 is 0 Å². The number of halogens is 1. The lowest BCUT2D eigenvalue weighted by molar-refractivity contribution is 0.103. The fourth-order valence-electron chi connectivity index (χ4n) is 1.55. The maximum atomic E-state index is 12.1. The van der Waals surface area contributed by atoms with E-state index in [0.29, 0.717) is 15.6 Å². The summed E-state index contributed by atoms with van der Waals surface area (Å²) in [6.45, 7) is 1.69. The summed E-state index contributed by atoms with van der Waals surface area (Å²) in [6, 6.07) is 7.07. The Morgan fingerprint density at radius 2 is 2.10 bits per heavy atom. The third-order valence-electron chi connectivity index (χ3n) is 2.56. The van der Waals surface area contributed by atoms with Gasteiger partial charge in [0, 0.05) is 11.3 Å². The first-order chi connectivity index (χ1) is 9.61. The highest BCUT2D eigenvalue weighted by Crippen LogP contribution is 2.27. The molecule has 1 heterocycles. The summed E-state index contributed by atoms with van der Waals surface area (Å²) >= 11 is 7.38. The number of nitrogens with one attached hydrogen (secondary N) is 1. The van der Waals surface area contributed by atoms with Crippen molar-refractivity contribution >= 4 is 34.5 Å². The van der Waals surface area contributed by atoms with E-state index in [-0.39, 0.29) is 12.5 Å². The van der Waals surface area contributed by atoms with Crippen molar-refractivity contribution in [3.05, 3.63) is 50.7 Å². The molecule has 2 rings (SSSR count). The van der Waals surface area contributed by atoms with Gasteiger partial charge in [-0.2, -0.15) is 0 Å². The Kier molecular flexibility index (Phi) is 4.80. The number of benzene rings is 1. The third-order valence-corrected chi connectivity index (χ3v) is 4.26. The van der Waals surface area contributed by atoms with Gasteiger partial charge in [-0.15, -0.1) is 11.3 Å². The van der Waals surface area contributed by atoms with Crippen LogP contribution in [0, 0.1) is 18.8 Å². The summed E-state index contributed by atoms with van der Waals surface area (Å²) in [7, 11) is 0. The topological polar surface area (TPSA) is 49.3 Å². The Labute approximate surface area is 126 Å². The van der Waals surface area contributed by atoms with Crippen LogP contribution in [0.5, 0.6) is 0 Å². The summed E-state index contributed by atoms with van der Waals surface area (Å²) in [5.74, 6) is 5.13. The number of carbonyl (C=O) groups excluding carboxylic acids is 1. The Morgan fingerprint density at radius 3 is 2.65 bits per heavy atom. The second kappa shape index (κ2) is 6.58. The van der Waals surface area contributed by atoms with Gasteiger partial charge in [0.1, 0.15) is 11.5 Å². The van der Waals surface area contributed by atoms with Crippen LogP contribution in [0.4, 0.5) is 5.69 Å². The van der Waals surface area contributed by atoms with Crippen LogP contribution in [0.25, 0.3) is 0 Å². The van der Waals surface area contributed by atoms with Gasteiger partial charge >= 0.3 is 0 Å². The summed E-state index contributed by atoms with van der Waals surface area (Å²) in [6.07, 6.45) is 0. The van der Waals surface area contributed by atoms with Crippen molar-refractivity contribution < 1.29 is 9.90 Å². The molecule has 1 amide bonds. The smallest absolute Gasteiger partial charge is 0.267 e. The predicted molar refractivity (Wildman–Crippen MR) is 82.4 cm³/mol. The van der Waals surface area contributed by atoms with Gasteiger partial charge < -0.3 is 10.4 Å². The van der Waals surface area contributed by atoms with Crippen LogP contribution >= 0.6 is 22.9 Å². The van der Waals surface area contributed by atoms with Gasteiger partial charge in [-0.05, 0) is 42.1 Å². The largest absolute Gasteiger partial charge is 0.384 e. The highest BCUT2D eigenvalue weighted by Gasteiger charge is 2.14. The average Bonchev–Trinajstić information content (AvgIpc) is 2.78. The number of anilines is 1. The zero-order valence-electron chi connectivity index (χ0n) is 10.7. The molecule has 5 heteroatoms. The SMILES string of the molecule is Cc1csc(C(=O)Nc2ccc(C#CCO)cc2)c1Cl. The van der Waals surface area contributed by atoms with Gasteiger partial charge in [-0.1, -0.05) is 23.4 Å². The maximum Gasteiger partial charge on any atom is 0.267 e. The molecule has 0 fully saturated rings. The number of amides is 1. The number of aliphatic hydroxyl groups excluding tert-OH is 1. The van der Waals surface area contributed by atoms with Crippen molar-refractivity contribution in [1.82, 2.24) is 0 Å². The molecule has 0 aliphatic rings. The van der Waals surface area contributed by atoms with Crippen molar-refractivity contribution in [3.63, 3.8) is 0 Å². The molecule has 0 spiro atoms. The number of hydrogen-bond acceptors (Lipinski definition) is 3. The molecule has 0 radical (unpaired) electrons. The second-order valence-electron chi connectivity index (χ2n) is 4.05. The predicted octanol–water partition coefficient (Wildman–Crippen LogP) is 3.31. The lowest BCUT2D eigenvalue weighted by Gasteiger charge is -2.04. The van der Waals surface area contributed by atoms with Gasteiger partial charge in [0.05, 0.1) is 5.02 Å². The molecule has 0 saturated heterocycles. The van der Waals surface area contributed by atoms with Crippen LogP contribution in [-0.2, 0) is 0 Å². The number of carbonyl (C=O) groups is 1. The van der Waals surface area contributed by atoms with Crippen LogP contribution in [0.15, 0.2) is 29.6 Å². The van der Waals surface area contributed by atoms with Gasteiger partial charge in [0.15, 0.2) is 0 Å². The lowest BCUT2D eigenvalue weighted by Crippen LogP contribution is -2.10. The molecule has 0 aliphatic heterocycles. The van der Waals surface area contributed by atoms with Crippen LogP contribution < -0.4 is 5.32 Å². The normalized spacial score (nSPS) is 9.75. The van der Waals surface area contributed by atoms with Crippen LogP contribution in [0.1, 0.15) is 20.8 Å². The van der Waals surface area contributed by atoms with Crippen molar-refractivity contribution in [3.8, 4) is 11.8 Å². The first-order valence-corrected chi connectivity index (χ1v) is 7.12. The number of thiophene rings is 1. The fourth-order valence-corrected chi connectivity index (χ4v) is 2.72. The summed E-state index contributed by atoms with van der Waals surface area (Å²) in [4.78, 5) is 12.6.